The van der Waals surface area contributed by atoms with Gasteiger partial charge in [0.15, 0.2) is 0 Å². The van der Waals surface area contributed by atoms with Gasteiger partial charge in [0.1, 0.15) is 5.69 Å². The highest BCUT2D eigenvalue weighted by atomic mass is 16.2. The molecule has 0 unspecified atom stereocenters. The molecule has 3 amide bonds. The fourth-order valence-electron chi connectivity index (χ4n) is 3.67. The van der Waals surface area contributed by atoms with Gasteiger partial charge in [-0.2, -0.15) is 0 Å². The molecule has 7 heteroatoms. The van der Waals surface area contributed by atoms with Gasteiger partial charge in [-0.15, -0.1) is 0 Å². The van der Waals surface area contributed by atoms with Crippen LogP contribution in [0.1, 0.15) is 29.8 Å². The minimum Gasteiger partial charge on any atom is -0.337 e. The van der Waals surface area contributed by atoms with Gasteiger partial charge in [0, 0.05) is 58.1 Å². The van der Waals surface area contributed by atoms with Crippen molar-refractivity contribution in [3.63, 3.8) is 0 Å². The third-order valence-corrected chi connectivity index (χ3v) is 4.82. The molecule has 0 saturated carbocycles. The zero-order chi connectivity index (χ0) is 16.4. The van der Waals surface area contributed by atoms with E-state index in [2.05, 4.69) is 9.97 Å². The second-order valence-corrected chi connectivity index (χ2v) is 6.77. The number of carbonyl (C=O) groups is 2. The van der Waals surface area contributed by atoms with E-state index in [1.165, 1.54) is 6.20 Å². The van der Waals surface area contributed by atoms with Crippen molar-refractivity contribution in [1.82, 2.24) is 24.7 Å². The van der Waals surface area contributed by atoms with Crippen molar-refractivity contribution < 1.29 is 9.59 Å². The first-order chi connectivity index (χ1) is 11.0. The van der Waals surface area contributed by atoms with Crippen LogP contribution in [0.25, 0.3) is 0 Å². The van der Waals surface area contributed by atoms with E-state index >= 15 is 0 Å². The number of urea groups is 1. The van der Waals surface area contributed by atoms with Gasteiger partial charge in [0.25, 0.3) is 5.91 Å². The average Bonchev–Trinajstić information content (AvgIpc) is 2.97. The van der Waals surface area contributed by atoms with E-state index in [4.69, 9.17) is 0 Å². The number of hydrogen-bond donors (Lipinski definition) is 0. The standard InChI is InChI=1S/C16H23N5O2/c1-19(2)15(23)21-9-5-16(12-21)4-3-8-20(11-16)14(22)13-10-17-6-7-18-13/h6-7,10H,3-5,8-9,11-12H2,1-2H3/t16-/m0/s1. The summed E-state index contributed by atoms with van der Waals surface area (Å²) in [6.07, 6.45) is 7.61. The highest BCUT2D eigenvalue weighted by Gasteiger charge is 2.44. The highest BCUT2D eigenvalue weighted by Crippen LogP contribution is 2.39. The molecule has 1 atom stereocenters. The Balaban J connectivity index is 1.69. The molecular formula is C16H23N5O2. The number of carbonyl (C=O) groups excluding carboxylic acids is 2. The van der Waals surface area contributed by atoms with Gasteiger partial charge in [-0.25, -0.2) is 9.78 Å². The molecule has 0 N–H and O–H groups in total. The monoisotopic (exact) mass is 317 g/mol. The third kappa shape index (κ3) is 3.13. The number of likely N-dealkylation sites (tertiary alicyclic amines) is 2. The molecule has 23 heavy (non-hydrogen) atoms. The summed E-state index contributed by atoms with van der Waals surface area (Å²) in [6, 6.07) is 0.0549. The summed E-state index contributed by atoms with van der Waals surface area (Å²) in [6.45, 7) is 2.94. The molecule has 2 fully saturated rings. The van der Waals surface area contributed by atoms with Crippen LogP contribution in [-0.2, 0) is 0 Å². The van der Waals surface area contributed by atoms with Crippen molar-refractivity contribution in [3.05, 3.63) is 24.3 Å². The largest absolute Gasteiger partial charge is 0.337 e. The maximum absolute atomic E-state index is 12.6. The molecule has 0 aromatic carbocycles. The molecule has 1 aromatic heterocycles. The number of aromatic nitrogens is 2. The predicted molar refractivity (Wildman–Crippen MR) is 84.9 cm³/mol. The van der Waals surface area contributed by atoms with E-state index in [0.29, 0.717) is 12.2 Å². The van der Waals surface area contributed by atoms with Gasteiger partial charge in [-0.3, -0.25) is 9.78 Å². The second kappa shape index (κ2) is 6.14. The van der Waals surface area contributed by atoms with Crippen LogP contribution in [0.15, 0.2) is 18.6 Å². The Bertz CT molecular complexity index is 591. The summed E-state index contributed by atoms with van der Waals surface area (Å²) in [7, 11) is 3.55. The molecule has 0 aliphatic carbocycles. The molecule has 0 bridgehead atoms. The number of amides is 3. The smallest absolute Gasteiger partial charge is 0.319 e. The van der Waals surface area contributed by atoms with E-state index in [1.807, 2.05) is 9.80 Å². The molecule has 2 aliphatic heterocycles. The molecule has 7 nitrogen and oxygen atoms in total. The number of rotatable bonds is 1. The van der Waals surface area contributed by atoms with Gasteiger partial charge in [-0.05, 0) is 19.3 Å². The van der Waals surface area contributed by atoms with Crippen LogP contribution < -0.4 is 0 Å². The van der Waals surface area contributed by atoms with Gasteiger partial charge < -0.3 is 14.7 Å². The molecule has 1 spiro atoms. The van der Waals surface area contributed by atoms with Crippen molar-refractivity contribution >= 4 is 11.9 Å². The lowest BCUT2D eigenvalue weighted by Crippen LogP contribution is -2.48. The lowest BCUT2D eigenvalue weighted by atomic mass is 9.79. The van der Waals surface area contributed by atoms with Gasteiger partial charge in [0.05, 0.1) is 6.20 Å². The zero-order valence-electron chi connectivity index (χ0n) is 13.7. The minimum atomic E-state index is -0.0606. The van der Waals surface area contributed by atoms with E-state index in [9.17, 15) is 9.59 Å². The minimum absolute atomic E-state index is 0.0296. The van der Waals surface area contributed by atoms with Crippen molar-refractivity contribution in [2.75, 3.05) is 40.3 Å². The molecule has 2 aliphatic rings. The summed E-state index contributed by atoms with van der Waals surface area (Å²) in [5, 5.41) is 0. The first kappa shape index (κ1) is 15.7. The van der Waals surface area contributed by atoms with Crippen LogP contribution in [0.2, 0.25) is 0 Å². The van der Waals surface area contributed by atoms with Gasteiger partial charge >= 0.3 is 6.03 Å². The van der Waals surface area contributed by atoms with Crippen LogP contribution in [0.4, 0.5) is 4.79 Å². The summed E-state index contributed by atoms with van der Waals surface area (Å²) in [5.41, 5.74) is 0.422. The SMILES string of the molecule is CN(C)C(=O)N1CC[C@]2(CCCN(C(=O)c3cnccn3)C2)C1. The maximum Gasteiger partial charge on any atom is 0.319 e. The average molecular weight is 317 g/mol. The Morgan fingerprint density at radius 1 is 1.13 bits per heavy atom. The topological polar surface area (TPSA) is 69.6 Å². The molecule has 3 rings (SSSR count). The van der Waals surface area contributed by atoms with Crippen molar-refractivity contribution in [2.24, 2.45) is 5.41 Å². The summed E-state index contributed by atoms with van der Waals surface area (Å²) in [4.78, 5) is 38.2. The fourth-order valence-corrected chi connectivity index (χ4v) is 3.67. The number of hydrogen-bond acceptors (Lipinski definition) is 4. The Morgan fingerprint density at radius 2 is 1.91 bits per heavy atom. The highest BCUT2D eigenvalue weighted by molar-refractivity contribution is 5.92. The summed E-state index contributed by atoms with van der Waals surface area (Å²) in [5.74, 6) is -0.0606. The van der Waals surface area contributed by atoms with Crippen LogP contribution in [0.3, 0.4) is 0 Å². The Hall–Kier alpha value is -2.18. The molecule has 124 valence electrons. The molecule has 1 aromatic rings. The van der Waals surface area contributed by atoms with Crippen LogP contribution in [0, 0.1) is 5.41 Å². The molecule has 3 heterocycles. The van der Waals surface area contributed by atoms with Crippen molar-refractivity contribution in [2.45, 2.75) is 19.3 Å². The van der Waals surface area contributed by atoms with E-state index in [0.717, 1.165) is 38.9 Å². The first-order valence-corrected chi connectivity index (χ1v) is 8.02. The van der Waals surface area contributed by atoms with E-state index in [-0.39, 0.29) is 17.4 Å². The number of nitrogens with zero attached hydrogens (tertiary/aromatic N) is 5. The lowest BCUT2D eigenvalue weighted by Gasteiger charge is -2.40. The first-order valence-electron chi connectivity index (χ1n) is 8.02. The normalized spacial score (nSPS) is 24.1. The van der Waals surface area contributed by atoms with Crippen LogP contribution >= 0.6 is 0 Å². The Morgan fingerprint density at radius 3 is 2.61 bits per heavy atom. The zero-order valence-corrected chi connectivity index (χ0v) is 13.7. The number of piperidine rings is 1. The lowest BCUT2D eigenvalue weighted by molar-refractivity contribution is 0.0528. The predicted octanol–water partition coefficient (Wildman–Crippen LogP) is 1.09. The Labute approximate surface area is 136 Å². The quantitative estimate of drug-likeness (QED) is 0.777. The molecule has 2 saturated heterocycles. The van der Waals surface area contributed by atoms with Crippen molar-refractivity contribution in [3.8, 4) is 0 Å². The van der Waals surface area contributed by atoms with Gasteiger partial charge in [-0.1, -0.05) is 0 Å². The van der Waals surface area contributed by atoms with Gasteiger partial charge in [0.2, 0.25) is 0 Å². The van der Waals surface area contributed by atoms with E-state index < -0.39 is 0 Å². The van der Waals surface area contributed by atoms with Crippen LogP contribution in [0.5, 0.6) is 0 Å². The fraction of sp³-hybridized carbons (Fsp3) is 0.625. The summed E-state index contributed by atoms with van der Waals surface area (Å²) < 4.78 is 0. The third-order valence-electron chi connectivity index (χ3n) is 4.82. The molecular weight excluding hydrogens is 294 g/mol. The van der Waals surface area contributed by atoms with Crippen LogP contribution in [-0.4, -0.2) is 76.9 Å². The second-order valence-electron chi connectivity index (χ2n) is 6.77. The maximum atomic E-state index is 12.6. The van der Waals surface area contributed by atoms with Crippen molar-refractivity contribution in [1.29, 1.82) is 0 Å². The Kier molecular flexibility index (Phi) is 4.19. The summed E-state index contributed by atoms with van der Waals surface area (Å²) >= 11 is 0. The molecule has 0 radical (unpaired) electrons. The van der Waals surface area contributed by atoms with E-state index in [1.54, 1.807) is 31.4 Å².